The maximum Gasteiger partial charge on any atom is 0.106 e. The van der Waals surface area contributed by atoms with Crippen LogP contribution in [-0.4, -0.2) is 6.79 Å². The molecule has 0 N–H and O–H groups in total. The Kier molecular flexibility index (Phi) is 339. The van der Waals surface area contributed by atoms with Crippen molar-refractivity contribution in [1.29, 1.82) is 0 Å². The summed E-state index contributed by atoms with van der Waals surface area (Å²) >= 11 is 0. The minimum absolute atomic E-state index is 0. The molecule has 32 valence electrons. The largest absolute Gasteiger partial charge is 0.307 e. The summed E-state index contributed by atoms with van der Waals surface area (Å²) in [6, 6.07) is 0. The first-order valence-electron chi connectivity index (χ1n) is 0.289. The molecule has 0 aromatic rings. The van der Waals surface area contributed by atoms with Gasteiger partial charge < -0.3 is 4.79 Å². The zero-order valence-electron chi connectivity index (χ0n) is 1.75. The van der Waals surface area contributed by atoms with E-state index >= 15 is 0 Å². The molecule has 0 aromatic heterocycles. The van der Waals surface area contributed by atoms with Crippen LogP contribution in [0.25, 0.3) is 0 Å². The fourth-order valence-corrected chi connectivity index (χ4v) is 0. The van der Waals surface area contributed by atoms with Gasteiger partial charge >= 0.3 is 0 Å². The quantitative estimate of drug-likeness (QED) is 0.434. The van der Waals surface area contributed by atoms with Crippen LogP contribution >= 0.6 is 0 Å². The molecule has 0 amide bonds. The van der Waals surface area contributed by atoms with Gasteiger partial charge in [0, 0.05) is 33.0 Å². The van der Waals surface area contributed by atoms with E-state index in [1.807, 2.05) is 6.79 Å². The first-order valence-corrected chi connectivity index (χ1v) is 0.289. The van der Waals surface area contributed by atoms with Crippen molar-refractivity contribution in [1.82, 2.24) is 0 Å². The number of carbonyl (C=O) groups is 1. The molecule has 0 rings (SSSR count). The zero-order chi connectivity index (χ0) is 2.00. The van der Waals surface area contributed by atoms with Crippen LogP contribution in [0.4, 0.5) is 0 Å². The Labute approximate surface area is 45.0 Å². The van der Waals surface area contributed by atoms with E-state index in [1.54, 1.807) is 0 Å². The minimum Gasteiger partial charge on any atom is -0.307 e. The predicted octanol–water partition coefficient (Wildman–Crippen LogP) is -0.190. The molecule has 0 unspecified atom stereocenters. The molecule has 0 radical (unpaired) electrons. The van der Waals surface area contributed by atoms with Gasteiger partial charge in [-0.15, -0.1) is 0 Å². The topological polar surface area (TPSA) is 17.1 Å². The summed E-state index contributed by atoms with van der Waals surface area (Å²) in [4.78, 5) is 8.00. The summed E-state index contributed by atoms with van der Waals surface area (Å²) in [6.45, 7) is 2.00. The second-order valence-electron chi connectivity index (χ2n) is 0. The van der Waals surface area contributed by atoms with Crippen molar-refractivity contribution in [3.05, 3.63) is 0 Å². The summed E-state index contributed by atoms with van der Waals surface area (Å²) in [5, 5.41) is 0. The molecule has 4 heavy (non-hydrogen) atoms. The van der Waals surface area contributed by atoms with Gasteiger partial charge in [0.25, 0.3) is 0 Å². The molecule has 1 nitrogen and oxygen atoms in total. The molecule has 0 aliphatic heterocycles. The molecular formula is CH2Ni2O. The van der Waals surface area contributed by atoms with Gasteiger partial charge in [-0.3, -0.25) is 0 Å². The van der Waals surface area contributed by atoms with Crippen molar-refractivity contribution >= 4 is 6.79 Å². The van der Waals surface area contributed by atoms with E-state index in [0.29, 0.717) is 0 Å². The van der Waals surface area contributed by atoms with Crippen LogP contribution in [0, 0.1) is 0 Å². The summed E-state index contributed by atoms with van der Waals surface area (Å²) in [7, 11) is 0. The van der Waals surface area contributed by atoms with E-state index < -0.39 is 0 Å². The van der Waals surface area contributed by atoms with Crippen molar-refractivity contribution < 1.29 is 37.8 Å². The molecule has 0 fully saturated rings. The van der Waals surface area contributed by atoms with Crippen LogP contribution in [0.3, 0.4) is 0 Å². The smallest absolute Gasteiger partial charge is 0.106 e. The Hall–Kier alpha value is 0.657. The molecule has 0 spiro atoms. The van der Waals surface area contributed by atoms with Gasteiger partial charge in [0.2, 0.25) is 0 Å². The van der Waals surface area contributed by atoms with E-state index in [1.165, 1.54) is 0 Å². The van der Waals surface area contributed by atoms with Crippen molar-refractivity contribution in [3.8, 4) is 0 Å². The molecular weight excluding hydrogens is 145 g/mol. The van der Waals surface area contributed by atoms with Crippen LogP contribution < -0.4 is 0 Å². The van der Waals surface area contributed by atoms with E-state index in [0.717, 1.165) is 0 Å². The second kappa shape index (κ2) is 59.8. The van der Waals surface area contributed by atoms with Gasteiger partial charge in [-0.1, -0.05) is 0 Å². The van der Waals surface area contributed by atoms with Crippen molar-refractivity contribution in [2.75, 3.05) is 0 Å². The van der Waals surface area contributed by atoms with Crippen LogP contribution in [0.1, 0.15) is 0 Å². The first kappa shape index (κ1) is 22.7. The Morgan fingerprint density at radius 3 is 1.00 bits per heavy atom. The summed E-state index contributed by atoms with van der Waals surface area (Å²) in [5.41, 5.74) is 0. The maximum atomic E-state index is 8.00. The Morgan fingerprint density at radius 2 is 1.00 bits per heavy atom. The fourth-order valence-electron chi connectivity index (χ4n) is 0. The molecule has 0 saturated carbocycles. The average molecular weight is 147 g/mol. The van der Waals surface area contributed by atoms with Crippen LogP contribution in [0.5, 0.6) is 0 Å². The predicted molar refractivity (Wildman–Crippen MR) is 7.12 cm³/mol. The number of rotatable bonds is 0. The van der Waals surface area contributed by atoms with Gasteiger partial charge in [0.1, 0.15) is 6.79 Å². The summed E-state index contributed by atoms with van der Waals surface area (Å²) in [5.74, 6) is 0. The summed E-state index contributed by atoms with van der Waals surface area (Å²) in [6.07, 6.45) is 0. The Bertz CT molecular complexity index is 6.00. The van der Waals surface area contributed by atoms with Gasteiger partial charge in [-0.2, -0.15) is 0 Å². The molecule has 0 saturated heterocycles. The fraction of sp³-hybridized carbons (Fsp3) is 0. The Balaban J connectivity index is -0.00000000500. The number of hydrogen-bond acceptors (Lipinski definition) is 1. The van der Waals surface area contributed by atoms with E-state index in [-0.39, 0.29) is 33.0 Å². The monoisotopic (exact) mass is 146 g/mol. The van der Waals surface area contributed by atoms with E-state index in [2.05, 4.69) is 0 Å². The molecule has 0 atom stereocenters. The SMILES string of the molecule is C=O.[Ni].[Ni]. The normalized spacial score (nSPS) is 1.00. The van der Waals surface area contributed by atoms with Crippen molar-refractivity contribution in [3.63, 3.8) is 0 Å². The van der Waals surface area contributed by atoms with E-state index in [9.17, 15) is 0 Å². The van der Waals surface area contributed by atoms with Crippen LogP contribution in [-0.2, 0) is 37.8 Å². The maximum absolute atomic E-state index is 8.00. The molecule has 0 aliphatic rings. The average Bonchev–Trinajstić information content (AvgIpc) is 1.00. The standard InChI is InChI=1S/CH2O.2Ni/c1-2;;/h1H2;;. The zero-order valence-corrected chi connectivity index (χ0v) is 3.72. The molecule has 0 heterocycles. The molecule has 3 heteroatoms. The third kappa shape index (κ3) is 16.9. The molecule has 0 aromatic carbocycles. The Morgan fingerprint density at radius 1 is 1.00 bits per heavy atom. The first-order chi connectivity index (χ1) is 1.00. The van der Waals surface area contributed by atoms with Gasteiger partial charge in [-0.25, -0.2) is 0 Å². The molecule has 0 bridgehead atoms. The van der Waals surface area contributed by atoms with Crippen molar-refractivity contribution in [2.24, 2.45) is 0 Å². The molecule has 0 aliphatic carbocycles. The van der Waals surface area contributed by atoms with Gasteiger partial charge in [0.05, 0.1) is 0 Å². The minimum atomic E-state index is 0. The van der Waals surface area contributed by atoms with Gasteiger partial charge in [-0.05, 0) is 0 Å². The van der Waals surface area contributed by atoms with Crippen LogP contribution in [0.15, 0.2) is 0 Å². The van der Waals surface area contributed by atoms with Crippen molar-refractivity contribution in [2.45, 2.75) is 0 Å². The van der Waals surface area contributed by atoms with Crippen LogP contribution in [0.2, 0.25) is 0 Å². The third-order valence-corrected chi connectivity index (χ3v) is 0. The number of hydrogen-bond donors (Lipinski definition) is 0. The summed E-state index contributed by atoms with van der Waals surface area (Å²) < 4.78 is 0. The van der Waals surface area contributed by atoms with E-state index in [4.69, 9.17) is 4.79 Å². The van der Waals surface area contributed by atoms with Gasteiger partial charge in [0.15, 0.2) is 0 Å². The third-order valence-electron chi connectivity index (χ3n) is 0. The number of carbonyl (C=O) groups excluding carboxylic acids is 1. The second-order valence-corrected chi connectivity index (χ2v) is 0.